The Balaban J connectivity index is 2.00. The van der Waals surface area contributed by atoms with Gasteiger partial charge in [0.15, 0.2) is 6.10 Å². The molecule has 1 heterocycles. The number of hydrogen-bond donors (Lipinski definition) is 2. The smallest absolute Gasteiger partial charge is 0.253 e. The van der Waals surface area contributed by atoms with E-state index in [9.17, 15) is 9.90 Å². The van der Waals surface area contributed by atoms with E-state index < -0.39 is 12.0 Å². The van der Waals surface area contributed by atoms with Gasteiger partial charge in [-0.1, -0.05) is 30.3 Å². The first-order valence-electron chi connectivity index (χ1n) is 7.57. The highest BCUT2D eigenvalue weighted by Crippen LogP contribution is 2.15. The molecule has 0 saturated carbocycles. The van der Waals surface area contributed by atoms with Gasteiger partial charge in [0.1, 0.15) is 0 Å². The van der Waals surface area contributed by atoms with Gasteiger partial charge in [0.2, 0.25) is 0 Å². The number of nitrogens with zero attached hydrogens (tertiary/aromatic N) is 2. The molecule has 23 heavy (non-hydrogen) atoms. The van der Waals surface area contributed by atoms with Crippen LogP contribution in [0.15, 0.2) is 30.3 Å². The van der Waals surface area contributed by atoms with Crippen LogP contribution in [0.2, 0.25) is 0 Å². The Labute approximate surface area is 136 Å². The first-order chi connectivity index (χ1) is 11.0. The molecule has 1 unspecified atom stereocenters. The number of carbonyl (C=O) groups is 1. The number of carbonyl (C=O) groups excluding carboxylic acids is 1. The van der Waals surface area contributed by atoms with Crippen molar-refractivity contribution in [1.29, 1.82) is 0 Å². The topological polar surface area (TPSA) is 76.4 Å². The van der Waals surface area contributed by atoms with Crippen LogP contribution in [-0.4, -0.2) is 34.5 Å². The fourth-order valence-corrected chi connectivity index (χ4v) is 2.44. The summed E-state index contributed by atoms with van der Waals surface area (Å²) in [6.07, 6.45) is -1.17. The molecule has 6 nitrogen and oxygen atoms in total. The van der Waals surface area contributed by atoms with Gasteiger partial charge in [-0.15, -0.1) is 0 Å². The average Bonchev–Trinajstić information content (AvgIpc) is 2.84. The monoisotopic (exact) mass is 317 g/mol. The van der Waals surface area contributed by atoms with Crippen LogP contribution in [-0.2, 0) is 22.6 Å². The standard InChI is InChI=1S/C17H23N3O3/c1-12-15(13(2)20(19-12)9-10-23-3)11-18-17(22)16(21)14-7-5-4-6-8-14/h4-8,16,21H,9-11H2,1-3H3,(H,18,22). The van der Waals surface area contributed by atoms with Crippen LogP contribution in [0.1, 0.15) is 28.6 Å². The molecule has 0 bridgehead atoms. The Morgan fingerprint density at radius 2 is 2.04 bits per heavy atom. The highest BCUT2D eigenvalue weighted by molar-refractivity contribution is 5.81. The second-order valence-corrected chi connectivity index (χ2v) is 5.40. The van der Waals surface area contributed by atoms with Crippen molar-refractivity contribution in [1.82, 2.24) is 15.1 Å². The van der Waals surface area contributed by atoms with Crippen molar-refractivity contribution in [3.63, 3.8) is 0 Å². The second-order valence-electron chi connectivity index (χ2n) is 5.40. The molecule has 1 aromatic heterocycles. The zero-order valence-corrected chi connectivity index (χ0v) is 13.7. The number of aliphatic hydroxyl groups excluding tert-OH is 1. The molecular formula is C17H23N3O3. The normalized spacial score (nSPS) is 12.2. The first-order valence-corrected chi connectivity index (χ1v) is 7.57. The molecule has 0 spiro atoms. The van der Waals surface area contributed by atoms with Gasteiger partial charge in [-0.3, -0.25) is 9.48 Å². The highest BCUT2D eigenvalue weighted by atomic mass is 16.5. The Kier molecular flexibility index (Phi) is 5.90. The van der Waals surface area contributed by atoms with Crippen LogP contribution >= 0.6 is 0 Å². The summed E-state index contributed by atoms with van der Waals surface area (Å²) in [4.78, 5) is 12.1. The molecule has 2 aromatic rings. The Bertz CT molecular complexity index is 653. The van der Waals surface area contributed by atoms with Gasteiger partial charge in [0.25, 0.3) is 5.91 Å². The predicted octanol–water partition coefficient (Wildman–Crippen LogP) is 1.50. The van der Waals surface area contributed by atoms with Gasteiger partial charge in [0, 0.05) is 24.9 Å². The third-order valence-corrected chi connectivity index (χ3v) is 3.84. The van der Waals surface area contributed by atoms with Gasteiger partial charge in [-0.2, -0.15) is 5.10 Å². The summed E-state index contributed by atoms with van der Waals surface area (Å²) < 4.78 is 6.93. The summed E-state index contributed by atoms with van der Waals surface area (Å²) in [5, 5.41) is 17.3. The maximum Gasteiger partial charge on any atom is 0.253 e. The number of methoxy groups -OCH3 is 1. The number of ether oxygens (including phenoxy) is 1. The number of benzene rings is 1. The molecule has 0 aliphatic carbocycles. The number of amides is 1. The highest BCUT2D eigenvalue weighted by Gasteiger charge is 2.18. The third-order valence-electron chi connectivity index (χ3n) is 3.84. The molecule has 2 rings (SSSR count). The van der Waals surface area contributed by atoms with E-state index in [0.29, 0.717) is 25.3 Å². The van der Waals surface area contributed by atoms with Crippen molar-refractivity contribution < 1.29 is 14.6 Å². The van der Waals surface area contributed by atoms with Crippen molar-refractivity contribution >= 4 is 5.91 Å². The minimum atomic E-state index is -1.17. The fourth-order valence-electron chi connectivity index (χ4n) is 2.44. The number of hydrogen-bond acceptors (Lipinski definition) is 4. The van der Waals surface area contributed by atoms with E-state index in [1.54, 1.807) is 31.4 Å². The van der Waals surface area contributed by atoms with Crippen LogP contribution in [0, 0.1) is 13.8 Å². The molecule has 0 radical (unpaired) electrons. The summed E-state index contributed by atoms with van der Waals surface area (Å²) in [6, 6.07) is 8.88. The third kappa shape index (κ3) is 4.18. The summed E-state index contributed by atoms with van der Waals surface area (Å²) >= 11 is 0. The van der Waals surface area contributed by atoms with E-state index in [-0.39, 0.29) is 0 Å². The summed E-state index contributed by atoms with van der Waals surface area (Å²) in [6.45, 7) is 5.47. The molecule has 1 amide bonds. The lowest BCUT2D eigenvalue weighted by Gasteiger charge is -2.12. The van der Waals surface area contributed by atoms with Crippen molar-refractivity contribution in [3.05, 3.63) is 52.8 Å². The number of nitrogens with one attached hydrogen (secondary N) is 1. The first kappa shape index (κ1) is 17.2. The molecular weight excluding hydrogens is 294 g/mol. The van der Waals surface area contributed by atoms with E-state index in [4.69, 9.17) is 4.74 Å². The Hall–Kier alpha value is -2.18. The van der Waals surface area contributed by atoms with Gasteiger partial charge in [-0.25, -0.2) is 0 Å². The fraction of sp³-hybridized carbons (Fsp3) is 0.412. The molecule has 1 aromatic carbocycles. The number of aromatic nitrogens is 2. The quantitative estimate of drug-likeness (QED) is 0.811. The minimum Gasteiger partial charge on any atom is -0.383 e. The summed E-state index contributed by atoms with van der Waals surface area (Å²) in [5.41, 5.74) is 3.41. The van der Waals surface area contributed by atoms with E-state index in [2.05, 4.69) is 10.4 Å². The molecule has 0 saturated heterocycles. The lowest BCUT2D eigenvalue weighted by atomic mass is 10.1. The number of rotatable bonds is 7. The Morgan fingerprint density at radius 3 is 2.70 bits per heavy atom. The molecule has 0 fully saturated rings. The van der Waals surface area contributed by atoms with Gasteiger partial charge in [0.05, 0.1) is 18.8 Å². The second kappa shape index (κ2) is 7.89. The van der Waals surface area contributed by atoms with Gasteiger partial charge in [-0.05, 0) is 19.4 Å². The van der Waals surface area contributed by atoms with Crippen LogP contribution in [0.5, 0.6) is 0 Å². The predicted molar refractivity (Wildman–Crippen MR) is 86.8 cm³/mol. The van der Waals surface area contributed by atoms with Gasteiger partial charge < -0.3 is 15.2 Å². The number of aliphatic hydroxyl groups is 1. The largest absolute Gasteiger partial charge is 0.383 e. The van der Waals surface area contributed by atoms with Crippen molar-refractivity contribution in [3.8, 4) is 0 Å². The van der Waals surface area contributed by atoms with Crippen LogP contribution in [0.3, 0.4) is 0 Å². The lowest BCUT2D eigenvalue weighted by Crippen LogP contribution is -2.29. The zero-order chi connectivity index (χ0) is 16.8. The van der Waals surface area contributed by atoms with Crippen LogP contribution in [0.25, 0.3) is 0 Å². The van der Waals surface area contributed by atoms with Crippen molar-refractivity contribution in [2.45, 2.75) is 33.0 Å². The van der Waals surface area contributed by atoms with Crippen LogP contribution < -0.4 is 5.32 Å². The van der Waals surface area contributed by atoms with Crippen molar-refractivity contribution in [2.75, 3.05) is 13.7 Å². The molecule has 0 aliphatic rings. The van der Waals surface area contributed by atoms with E-state index in [0.717, 1.165) is 17.0 Å². The molecule has 6 heteroatoms. The summed E-state index contributed by atoms with van der Waals surface area (Å²) in [7, 11) is 1.65. The molecule has 2 N–H and O–H groups in total. The van der Waals surface area contributed by atoms with E-state index in [1.807, 2.05) is 24.6 Å². The minimum absolute atomic E-state index is 0.341. The number of aryl methyl sites for hydroxylation is 1. The summed E-state index contributed by atoms with van der Waals surface area (Å²) in [5.74, 6) is -0.417. The molecule has 1 atom stereocenters. The van der Waals surface area contributed by atoms with Crippen LogP contribution in [0.4, 0.5) is 0 Å². The lowest BCUT2D eigenvalue weighted by molar-refractivity contribution is -0.129. The molecule has 0 aliphatic heterocycles. The van der Waals surface area contributed by atoms with E-state index >= 15 is 0 Å². The zero-order valence-electron chi connectivity index (χ0n) is 13.7. The maximum absolute atomic E-state index is 12.1. The average molecular weight is 317 g/mol. The SMILES string of the molecule is COCCn1nc(C)c(CNC(=O)C(O)c2ccccc2)c1C. The van der Waals surface area contributed by atoms with E-state index in [1.165, 1.54) is 0 Å². The van der Waals surface area contributed by atoms with Crippen molar-refractivity contribution in [2.24, 2.45) is 0 Å². The maximum atomic E-state index is 12.1. The Morgan fingerprint density at radius 1 is 1.35 bits per heavy atom. The molecule has 124 valence electrons. The van der Waals surface area contributed by atoms with Gasteiger partial charge >= 0.3 is 0 Å².